The van der Waals surface area contributed by atoms with Gasteiger partial charge in [0.2, 0.25) is 0 Å². The average Bonchev–Trinajstić information content (AvgIpc) is 3.40. The number of hydrogen-bond acceptors (Lipinski definition) is 8. The summed E-state index contributed by atoms with van der Waals surface area (Å²) in [4.78, 5) is 13.0. The lowest BCUT2D eigenvalue weighted by molar-refractivity contribution is -0.222. The van der Waals surface area contributed by atoms with Crippen molar-refractivity contribution < 1.29 is 19.3 Å². The Morgan fingerprint density at radius 1 is 1.24 bits per heavy atom. The maximum atomic E-state index is 10.3. The second-order valence-electron chi connectivity index (χ2n) is 8.72. The van der Waals surface area contributed by atoms with Gasteiger partial charge in [-0.05, 0) is 44.2 Å². The summed E-state index contributed by atoms with van der Waals surface area (Å²) < 4.78 is 20.2. The van der Waals surface area contributed by atoms with Gasteiger partial charge in [-0.2, -0.15) is 0 Å². The molecule has 3 aromatic heterocycles. The maximum Gasteiger partial charge on any atom is 0.162 e. The van der Waals surface area contributed by atoms with Gasteiger partial charge < -0.3 is 29.2 Å². The largest absolute Gasteiger partial charge is 0.491 e. The third kappa shape index (κ3) is 4.65. The number of fused-ring (bicyclic) bond motifs is 2. The molecule has 4 aromatic rings. The zero-order chi connectivity index (χ0) is 23.9. The van der Waals surface area contributed by atoms with E-state index in [9.17, 15) is 5.11 Å². The predicted octanol–water partition coefficient (Wildman–Crippen LogP) is 4.15. The van der Waals surface area contributed by atoms with Gasteiger partial charge in [0.15, 0.2) is 12.0 Å². The van der Waals surface area contributed by atoms with Crippen molar-refractivity contribution >= 4 is 39.4 Å². The number of halogens is 1. The second kappa shape index (κ2) is 8.99. The van der Waals surface area contributed by atoms with Crippen molar-refractivity contribution in [3.63, 3.8) is 0 Å². The summed E-state index contributed by atoms with van der Waals surface area (Å²) >= 11 is 6.22. The molecule has 0 amide bonds. The first-order valence-electron chi connectivity index (χ1n) is 11.0. The molecule has 0 aliphatic carbocycles. The molecule has 0 spiro atoms. The van der Waals surface area contributed by atoms with Crippen molar-refractivity contribution in [3.8, 4) is 5.75 Å². The molecule has 10 heteroatoms. The van der Waals surface area contributed by atoms with E-state index >= 15 is 0 Å². The Kier molecular flexibility index (Phi) is 6.03. The fourth-order valence-electron chi connectivity index (χ4n) is 4.21. The Labute approximate surface area is 201 Å². The summed E-state index contributed by atoms with van der Waals surface area (Å²) in [6, 6.07) is 11.6. The Hall–Kier alpha value is -2.98. The minimum Gasteiger partial charge on any atom is -0.491 e. The Morgan fingerprint density at radius 2 is 2.06 bits per heavy atom. The van der Waals surface area contributed by atoms with E-state index in [1.807, 2.05) is 54.2 Å². The molecule has 9 nitrogen and oxygen atoms in total. The first-order chi connectivity index (χ1) is 16.3. The molecule has 0 radical (unpaired) electrons. The van der Waals surface area contributed by atoms with Gasteiger partial charge in [-0.25, -0.2) is 15.0 Å². The van der Waals surface area contributed by atoms with E-state index in [0.29, 0.717) is 29.6 Å². The first-order valence-corrected chi connectivity index (χ1v) is 11.4. The van der Waals surface area contributed by atoms with Crippen LogP contribution in [0.1, 0.15) is 26.5 Å². The highest BCUT2D eigenvalue weighted by Crippen LogP contribution is 2.36. The van der Waals surface area contributed by atoms with Crippen LogP contribution in [0.4, 0.5) is 5.82 Å². The van der Waals surface area contributed by atoms with Crippen LogP contribution in [-0.2, 0) is 9.47 Å². The maximum absolute atomic E-state index is 10.3. The van der Waals surface area contributed by atoms with E-state index in [2.05, 4.69) is 20.3 Å². The van der Waals surface area contributed by atoms with Crippen molar-refractivity contribution in [2.75, 3.05) is 19.0 Å². The van der Waals surface area contributed by atoms with Crippen LogP contribution in [0.2, 0.25) is 5.15 Å². The van der Waals surface area contributed by atoms with Gasteiger partial charge >= 0.3 is 0 Å². The molecular weight excluding hydrogens is 458 g/mol. The van der Waals surface area contributed by atoms with E-state index in [-0.39, 0.29) is 6.10 Å². The molecule has 178 valence electrons. The lowest BCUT2D eigenvalue weighted by Gasteiger charge is -2.27. The van der Waals surface area contributed by atoms with Crippen LogP contribution in [-0.4, -0.2) is 56.3 Å². The van der Waals surface area contributed by atoms with E-state index in [4.69, 9.17) is 25.8 Å². The van der Waals surface area contributed by atoms with Gasteiger partial charge in [-0.1, -0.05) is 11.6 Å². The summed E-state index contributed by atoms with van der Waals surface area (Å²) in [5, 5.41) is 15.5. The molecule has 1 aliphatic heterocycles. The first kappa shape index (κ1) is 22.8. The molecule has 0 saturated carbocycles. The molecule has 4 heterocycles. The van der Waals surface area contributed by atoms with Crippen LogP contribution in [0.25, 0.3) is 21.9 Å². The zero-order valence-electron chi connectivity index (χ0n) is 19.1. The minimum atomic E-state index is -1.33. The number of ether oxygens (including phenoxy) is 3. The van der Waals surface area contributed by atoms with Crippen molar-refractivity contribution in [2.24, 2.45) is 0 Å². The number of aliphatic hydroxyl groups is 1. The van der Waals surface area contributed by atoms with Crippen LogP contribution in [0.5, 0.6) is 5.75 Å². The van der Waals surface area contributed by atoms with Gasteiger partial charge in [0, 0.05) is 31.1 Å². The minimum absolute atomic E-state index is 0.264. The molecule has 2 N–H and O–H groups in total. The van der Waals surface area contributed by atoms with Crippen molar-refractivity contribution in [3.05, 3.63) is 54.1 Å². The normalized spacial score (nSPS) is 20.8. The number of nitrogens with zero attached hydrogens (tertiary/aromatic N) is 4. The van der Waals surface area contributed by atoms with Crippen LogP contribution in [0, 0.1) is 0 Å². The van der Waals surface area contributed by atoms with Gasteiger partial charge in [0.05, 0.1) is 17.0 Å². The lowest BCUT2D eigenvalue weighted by atomic mass is 10.2. The van der Waals surface area contributed by atoms with Gasteiger partial charge in [0.25, 0.3) is 0 Å². The fourth-order valence-corrected chi connectivity index (χ4v) is 4.40. The Balaban J connectivity index is 1.35. The van der Waals surface area contributed by atoms with Crippen LogP contribution in [0.3, 0.4) is 0 Å². The summed E-state index contributed by atoms with van der Waals surface area (Å²) in [5.74, 6) is 0.166. The highest BCUT2D eigenvalue weighted by Gasteiger charge is 2.41. The van der Waals surface area contributed by atoms with E-state index in [1.165, 1.54) is 6.33 Å². The lowest BCUT2D eigenvalue weighted by Crippen LogP contribution is -2.33. The fraction of sp³-hybridized carbons (Fsp3) is 0.375. The van der Waals surface area contributed by atoms with Crippen molar-refractivity contribution in [1.29, 1.82) is 0 Å². The summed E-state index contributed by atoms with van der Waals surface area (Å²) in [6.07, 6.45) is 2.58. The van der Waals surface area contributed by atoms with E-state index in [1.54, 1.807) is 13.8 Å². The molecule has 1 aliphatic rings. The van der Waals surface area contributed by atoms with Crippen LogP contribution >= 0.6 is 11.6 Å². The molecule has 1 aromatic carbocycles. The molecule has 1 saturated heterocycles. The smallest absolute Gasteiger partial charge is 0.162 e. The number of benzene rings is 1. The van der Waals surface area contributed by atoms with E-state index in [0.717, 1.165) is 22.1 Å². The number of nitrogens with one attached hydrogen (secondary N) is 1. The highest BCUT2D eigenvalue weighted by atomic mass is 35.5. The molecule has 3 atom stereocenters. The number of pyridine rings is 1. The molecule has 5 rings (SSSR count). The predicted molar refractivity (Wildman–Crippen MR) is 129 cm³/mol. The third-order valence-corrected chi connectivity index (χ3v) is 5.98. The van der Waals surface area contributed by atoms with Crippen molar-refractivity contribution in [1.82, 2.24) is 19.5 Å². The standard InChI is InChI=1S/C24H26ClN5O4/c1-24(2,31)34-19-11-16(33-23(19)30-9-8-17-21(25)27-13-28-22(17)30)12-32-15-6-4-14-5-7-20(26-3)29-18(14)10-15/h4-10,13,16,19,23,31H,11-12H2,1-3H3,(H,26,29)/t16-,19+,23+/m0/s1. The molecule has 1 fully saturated rings. The highest BCUT2D eigenvalue weighted by molar-refractivity contribution is 6.33. The van der Waals surface area contributed by atoms with Crippen LogP contribution in [0.15, 0.2) is 48.9 Å². The topological polar surface area (TPSA) is 104 Å². The third-order valence-electron chi connectivity index (χ3n) is 5.68. The van der Waals surface area contributed by atoms with E-state index < -0.39 is 18.1 Å². The monoisotopic (exact) mass is 483 g/mol. The van der Waals surface area contributed by atoms with Crippen molar-refractivity contribution in [2.45, 2.75) is 44.5 Å². The average molecular weight is 484 g/mol. The summed E-state index contributed by atoms with van der Waals surface area (Å²) in [5.41, 5.74) is 1.48. The molecule has 34 heavy (non-hydrogen) atoms. The summed E-state index contributed by atoms with van der Waals surface area (Å²) in [7, 11) is 1.84. The molecule has 0 unspecified atom stereocenters. The SMILES string of the molecule is CNc1ccc2ccc(OC[C@@H]3C[C@@H](OC(C)(C)O)[C@H](n4ccc5c(Cl)ncnc54)O3)cc2n1. The Bertz CT molecular complexity index is 1320. The van der Waals surface area contributed by atoms with Gasteiger partial charge in [-0.15, -0.1) is 0 Å². The Morgan fingerprint density at radius 3 is 2.85 bits per heavy atom. The van der Waals surface area contributed by atoms with Gasteiger partial charge in [0.1, 0.15) is 41.4 Å². The number of rotatable bonds is 7. The quantitative estimate of drug-likeness (QED) is 0.298. The summed E-state index contributed by atoms with van der Waals surface area (Å²) in [6.45, 7) is 3.51. The van der Waals surface area contributed by atoms with Gasteiger partial charge in [-0.3, -0.25) is 0 Å². The molecule has 0 bridgehead atoms. The number of hydrogen-bond donors (Lipinski definition) is 2. The second-order valence-corrected chi connectivity index (χ2v) is 9.08. The van der Waals surface area contributed by atoms with Crippen LogP contribution < -0.4 is 10.1 Å². The number of aromatic nitrogens is 4. The molecular formula is C24H26ClN5O4. The number of anilines is 1. The zero-order valence-corrected chi connectivity index (χ0v) is 19.9.